The predicted molar refractivity (Wildman–Crippen MR) is 117 cm³/mol. The van der Waals surface area contributed by atoms with Crippen molar-refractivity contribution < 1.29 is 28.2 Å². The predicted octanol–water partition coefficient (Wildman–Crippen LogP) is 4.15. The summed E-state index contributed by atoms with van der Waals surface area (Å²) in [5.74, 6) is 1.59. The summed E-state index contributed by atoms with van der Waals surface area (Å²) in [5, 5.41) is 0. The highest BCUT2D eigenvalue weighted by Gasteiger charge is 2.19. The molecule has 0 saturated heterocycles. The van der Waals surface area contributed by atoms with Crippen LogP contribution in [0.1, 0.15) is 5.56 Å². The van der Waals surface area contributed by atoms with Gasteiger partial charge in [0.15, 0.2) is 24.8 Å². The Morgan fingerprint density at radius 2 is 1.42 bits per heavy atom. The summed E-state index contributed by atoms with van der Waals surface area (Å²) in [6.45, 7) is 2.03. The van der Waals surface area contributed by atoms with Crippen LogP contribution in [0.4, 0.5) is 0 Å². The molecule has 2 heterocycles. The van der Waals surface area contributed by atoms with Gasteiger partial charge < -0.3 is 14.5 Å². The van der Waals surface area contributed by atoms with Crippen LogP contribution in [-0.4, -0.2) is 9.79 Å². The van der Waals surface area contributed by atoms with Crippen LogP contribution in [-0.2, 0) is 10.9 Å². The molecule has 0 bridgehead atoms. The molecule has 0 saturated carbocycles. The quantitative estimate of drug-likeness (QED) is 0.353. The van der Waals surface area contributed by atoms with Crippen LogP contribution < -0.4 is 13.9 Å². The zero-order chi connectivity index (χ0) is 21.8. The summed E-state index contributed by atoms with van der Waals surface area (Å²) in [4.78, 5) is 18.2. The molecule has 31 heavy (non-hydrogen) atoms. The molecular weight excluding hydrogens is 411 g/mol. The van der Waals surface area contributed by atoms with Crippen molar-refractivity contribution in [3.8, 4) is 28.3 Å². The highest BCUT2D eigenvalue weighted by molar-refractivity contribution is 7.50. The van der Waals surface area contributed by atoms with Crippen molar-refractivity contribution in [1.29, 1.82) is 0 Å². The van der Waals surface area contributed by atoms with Crippen LogP contribution in [0.5, 0.6) is 11.5 Å². The molecule has 0 aliphatic rings. The van der Waals surface area contributed by atoms with Gasteiger partial charge in [-0.3, -0.25) is 4.57 Å². The Labute approximate surface area is 180 Å². The fraction of sp³-hybridized carbons (Fsp3) is 0.0833. The van der Waals surface area contributed by atoms with Gasteiger partial charge in [0, 0.05) is 36.4 Å². The van der Waals surface area contributed by atoms with Crippen LogP contribution in [0.2, 0.25) is 0 Å². The van der Waals surface area contributed by atoms with Crippen molar-refractivity contribution in [1.82, 2.24) is 0 Å². The Hall–Kier alpha value is -3.31. The molecule has 2 aromatic heterocycles. The standard InChI is InChI=1S/C24H21N2O4P/c1-19-3-2-4-24(17-19)30-23-7-5-22(6-8-23)26-15-11-21(12-16-26)20-9-13-25(14-10-20)18-31(27,28)29/h2-17H,18H2,1H3/p+2. The smallest absolute Gasteiger partial charge is 0.390 e. The van der Waals surface area contributed by atoms with Gasteiger partial charge in [0.25, 0.3) is 0 Å². The van der Waals surface area contributed by atoms with Gasteiger partial charge >= 0.3 is 7.60 Å². The molecular formula is C24H23N2O4P+2. The molecule has 7 heteroatoms. The largest absolute Gasteiger partial charge is 0.457 e. The van der Waals surface area contributed by atoms with E-state index in [0.29, 0.717) is 0 Å². The second-order valence-corrected chi connectivity index (χ2v) is 8.93. The van der Waals surface area contributed by atoms with Crippen molar-refractivity contribution in [2.24, 2.45) is 0 Å². The Bertz CT molecular complexity index is 1220. The topological polar surface area (TPSA) is 74.5 Å². The lowest BCUT2D eigenvalue weighted by molar-refractivity contribution is -0.679. The van der Waals surface area contributed by atoms with Crippen molar-refractivity contribution in [3.05, 3.63) is 103 Å². The number of nitrogens with zero attached hydrogens (tertiary/aromatic N) is 2. The van der Waals surface area contributed by atoms with Gasteiger partial charge in [0.05, 0.1) is 0 Å². The van der Waals surface area contributed by atoms with Gasteiger partial charge in [-0.25, -0.2) is 0 Å². The maximum Gasteiger partial charge on any atom is 0.390 e. The molecule has 0 amide bonds. The third-order valence-electron chi connectivity index (χ3n) is 4.76. The molecule has 0 fully saturated rings. The first-order valence-corrected chi connectivity index (χ1v) is 11.6. The fourth-order valence-corrected chi connectivity index (χ4v) is 3.86. The molecule has 4 aromatic rings. The Morgan fingerprint density at radius 3 is 2.00 bits per heavy atom. The zero-order valence-corrected chi connectivity index (χ0v) is 17.9. The van der Waals surface area contributed by atoms with Crippen LogP contribution in [0.3, 0.4) is 0 Å². The van der Waals surface area contributed by atoms with E-state index in [2.05, 4.69) is 0 Å². The molecule has 0 aliphatic heterocycles. The van der Waals surface area contributed by atoms with E-state index in [0.717, 1.165) is 33.9 Å². The van der Waals surface area contributed by atoms with Crippen LogP contribution in [0, 0.1) is 6.92 Å². The van der Waals surface area contributed by atoms with Crippen LogP contribution in [0.25, 0.3) is 16.8 Å². The third-order valence-corrected chi connectivity index (χ3v) is 5.46. The number of hydrogen-bond acceptors (Lipinski definition) is 2. The maximum absolute atomic E-state index is 11.1. The second-order valence-electron chi connectivity index (χ2n) is 7.31. The minimum atomic E-state index is -4.09. The maximum atomic E-state index is 11.1. The Balaban J connectivity index is 1.46. The first-order valence-electron chi connectivity index (χ1n) is 9.76. The minimum Gasteiger partial charge on any atom is -0.457 e. The average Bonchev–Trinajstić information content (AvgIpc) is 2.74. The van der Waals surface area contributed by atoms with E-state index in [1.54, 1.807) is 12.4 Å². The first kappa shape index (κ1) is 20.9. The molecule has 2 aromatic carbocycles. The lowest BCUT2D eigenvalue weighted by Gasteiger charge is -2.06. The van der Waals surface area contributed by atoms with Gasteiger partial charge in [-0.2, -0.15) is 9.13 Å². The SMILES string of the molecule is Cc1cccc(Oc2ccc(-[n+]3ccc(-c4cc[n+](CP(=O)(O)O)cc4)cc3)cc2)c1. The Kier molecular flexibility index (Phi) is 5.96. The molecule has 0 spiro atoms. The van der Waals surface area contributed by atoms with Crippen LogP contribution in [0.15, 0.2) is 97.6 Å². The minimum absolute atomic E-state index is 0.328. The Morgan fingerprint density at radius 1 is 0.806 bits per heavy atom. The van der Waals surface area contributed by atoms with E-state index in [4.69, 9.17) is 14.5 Å². The second kappa shape index (κ2) is 8.82. The van der Waals surface area contributed by atoms with Gasteiger partial charge in [-0.15, -0.1) is 0 Å². The van der Waals surface area contributed by atoms with E-state index < -0.39 is 7.60 Å². The highest BCUT2D eigenvalue weighted by atomic mass is 31.2. The molecule has 0 atom stereocenters. The van der Waals surface area contributed by atoms with E-state index >= 15 is 0 Å². The van der Waals surface area contributed by atoms with E-state index in [9.17, 15) is 4.57 Å². The summed E-state index contributed by atoms with van der Waals surface area (Å²) in [5.41, 5.74) is 4.14. The summed E-state index contributed by atoms with van der Waals surface area (Å²) < 4.78 is 20.5. The van der Waals surface area contributed by atoms with Gasteiger partial charge in [-0.05, 0) is 47.9 Å². The number of hydrogen-bond donors (Lipinski definition) is 2. The normalized spacial score (nSPS) is 11.3. The van der Waals surface area contributed by atoms with E-state index in [1.165, 1.54) is 4.57 Å². The summed E-state index contributed by atoms with van der Waals surface area (Å²) in [6.07, 6.45) is 6.96. The lowest BCUT2D eigenvalue weighted by Crippen LogP contribution is -2.32. The molecule has 0 unspecified atom stereocenters. The number of ether oxygens (including phenoxy) is 1. The molecule has 4 rings (SSSR count). The van der Waals surface area contributed by atoms with Gasteiger partial charge in [-0.1, -0.05) is 12.1 Å². The number of benzene rings is 2. The van der Waals surface area contributed by atoms with E-state index in [1.807, 2.05) is 96.7 Å². The van der Waals surface area contributed by atoms with E-state index in [-0.39, 0.29) is 6.29 Å². The zero-order valence-electron chi connectivity index (χ0n) is 17.0. The summed E-state index contributed by atoms with van der Waals surface area (Å²) in [7, 11) is -4.09. The highest BCUT2D eigenvalue weighted by Crippen LogP contribution is 2.33. The van der Waals surface area contributed by atoms with Crippen molar-refractivity contribution in [3.63, 3.8) is 0 Å². The summed E-state index contributed by atoms with van der Waals surface area (Å²) in [6, 6.07) is 23.5. The first-order chi connectivity index (χ1) is 14.9. The fourth-order valence-electron chi connectivity index (χ4n) is 3.25. The summed E-state index contributed by atoms with van der Waals surface area (Å²) >= 11 is 0. The number of pyridine rings is 2. The third kappa shape index (κ3) is 5.64. The molecule has 2 N–H and O–H groups in total. The molecule has 156 valence electrons. The molecule has 0 aliphatic carbocycles. The van der Waals surface area contributed by atoms with Crippen molar-refractivity contribution in [2.45, 2.75) is 13.2 Å². The number of rotatable bonds is 6. The average molecular weight is 434 g/mol. The van der Waals surface area contributed by atoms with Gasteiger partial charge in [0.2, 0.25) is 12.0 Å². The van der Waals surface area contributed by atoms with Crippen molar-refractivity contribution >= 4 is 7.60 Å². The monoisotopic (exact) mass is 434 g/mol. The molecule has 6 nitrogen and oxygen atoms in total. The van der Waals surface area contributed by atoms with Gasteiger partial charge in [0.1, 0.15) is 11.5 Å². The molecule has 0 radical (unpaired) electrons. The van der Waals surface area contributed by atoms with Crippen LogP contribution >= 0.6 is 7.60 Å². The lowest BCUT2D eigenvalue weighted by atomic mass is 10.1. The van der Waals surface area contributed by atoms with Crippen molar-refractivity contribution in [2.75, 3.05) is 0 Å². The number of aromatic nitrogens is 2. The number of aryl methyl sites for hydroxylation is 1.